The lowest BCUT2D eigenvalue weighted by Crippen LogP contribution is -2.58. The molecule has 0 fully saturated rings. The second-order valence-electron chi connectivity index (χ2n) is 6.10. The van der Waals surface area contributed by atoms with E-state index in [0.717, 1.165) is 29.7 Å². The van der Waals surface area contributed by atoms with Gasteiger partial charge in [0, 0.05) is 25.6 Å². The van der Waals surface area contributed by atoms with Crippen LogP contribution in [0.2, 0.25) is 0 Å². The van der Waals surface area contributed by atoms with Crippen LogP contribution in [0.25, 0.3) is 0 Å². The molecule has 1 spiro atoms. The normalized spacial score (nSPS) is 23.0. The molecule has 2 heterocycles. The van der Waals surface area contributed by atoms with Gasteiger partial charge in [-0.25, -0.2) is 0 Å². The molecule has 0 bridgehead atoms. The SMILES string of the molecule is C=C1Cc2ccccc2OC12C(=C)Cc1ccccc1N2C. The molecular formula is C20H19NO. The Bertz CT molecular complexity index is 782. The number of likely N-dealkylation sites (N-methyl/N-ethyl adjacent to an activating group) is 1. The zero-order valence-electron chi connectivity index (χ0n) is 12.8. The first kappa shape index (κ1) is 13.2. The van der Waals surface area contributed by atoms with Crippen LogP contribution in [0.4, 0.5) is 5.69 Å². The lowest BCUT2D eigenvalue weighted by Gasteiger charge is -2.51. The maximum atomic E-state index is 6.48. The van der Waals surface area contributed by atoms with Gasteiger partial charge in [0.05, 0.1) is 0 Å². The minimum atomic E-state index is -0.636. The number of nitrogens with zero attached hydrogens (tertiary/aromatic N) is 1. The number of hydrogen-bond donors (Lipinski definition) is 0. The van der Waals surface area contributed by atoms with Crippen molar-refractivity contribution in [2.75, 3.05) is 11.9 Å². The summed E-state index contributed by atoms with van der Waals surface area (Å²) in [5.74, 6) is 0.933. The number of para-hydroxylation sites is 2. The summed E-state index contributed by atoms with van der Waals surface area (Å²) in [6, 6.07) is 16.6. The monoisotopic (exact) mass is 289 g/mol. The van der Waals surface area contributed by atoms with E-state index in [1.165, 1.54) is 16.8 Å². The molecule has 2 aromatic carbocycles. The molecule has 110 valence electrons. The van der Waals surface area contributed by atoms with Gasteiger partial charge in [-0.3, -0.25) is 0 Å². The zero-order valence-corrected chi connectivity index (χ0v) is 12.8. The van der Waals surface area contributed by atoms with E-state index >= 15 is 0 Å². The summed E-state index contributed by atoms with van der Waals surface area (Å²) in [7, 11) is 2.07. The predicted molar refractivity (Wildman–Crippen MR) is 90.3 cm³/mol. The van der Waals surface area contributed by atoms with E-state index in [4.69, 9.17) is 4.74 Å². The maximum Gasteiger partial charge on any atom is 0.227 e. The Labute approximate surface area is 131 Å². The second kappa shape index (κ2) is 4.51. The summed E-state index contributed by atoms with van der Waals surface area (Å²) in [5, 5.41) is 0. The van der Waals surface area contributed by atoms with Gasteiger partial charge < -0.3 is 9.64 Å². The first-order chi connectivity index (χ1) is 10.6. The molecule has 2 heteroatoms. The number of rotatable bonds is 0. The van der Waals surface area contributed by atoms with E-state index < -0.39 is 5.72 Å². The Morgan fingerprint density at radius 2 is 1.50 bits per heavy atom. The first-order valence-electron chi connectivity index (χ1n) is 7.58. The standard InChI is InChI=1S/C20H19NO/c1-14-12-16-8-4-6-10-18(16)21(3)20(14)15(2)13-17-9-5-7-11-19(17)22-20/h4-11H,1-2,12-13H2,3H3. The maximum absolute atomic E-state index is 6.48. The minimum absolute atomic E-state index is 0.636. The molecule has 2 aliphatic rings. The average Bonchev–Trinajstić information content (AvgIpc) is 2.53. The molecule has 0 amide bonds. The van der Waals surface area contributed by atoms with Crippen molar-refractivity contribution in [1.82, 2.24) is 0 Å². The number of fused-ring (bicyclic) bond motifs is 2. The van der Waals surface area contributed by atoms with Gasteiger partial charge in [-0.2, -0.15) is 0 Å². The number of anilines is 1. The molecule has 0 saturated heterocycles. The molecule has 0 N–H and O–H groups in total. The Morgan fingerprint density at radius 1 is 0.909 bits per heavy atom. The van der Waals surface area contributed by atoms with Crippen LogP contribution in [0, 0.1) is 0 Å². The van der Waals surface area contributed by atoms with Crippen molar-refractivity contribution in [2.45, 2.75) is 18.6 Å². The van der Waals surface area contributed by atoms with Crippen molar-refractivity contribution in [3.05, 3.63) is 84.0 Å². The molecule has 1 atom stereocenters. The van der Waals surface area contributed by atoms with E-state index in [-0.39, 0.29) is 0 Å². The van der Waals surface area contributed by atoms with Crippen LogP contribution < -0.4 is 9.64 Å². The van der Waals surface area contributed by atoms with Crippen LogP contribution in [0.5, 0.6) is 5.75 Å². The summed E-state index contributed by atoms with van der Waals surface area (Å²) in [6.45, 7) is 8.67. The number of ether oxygens (including phenoxy) is 1. The second-order valence-corrected chi connectivity index (χ2v) is 6.10. The van der Waals surface area contributed by atoms with Crippen molar-refractivity contribution in [1.29, 1.82) is 0 Å². The molecule has 2 aromatic rings. The molecule has 0 saturated carbocycles. The van der Waals surface area contributed by atoms with Crippen LogP contribution in [0.3, 0.4) is 0 Å². The predicted octanol–water partition coefficient (Wildman–Crippen LogP) is 4.12. The van der Waals surface area contributed by atoms with E-state index in [1.807, 2.05) is 18.2 Å². The van der Waals surface area contributed by atoms with Crippen molar-refractivity contribution in [3.8, 4) is 5.75 Å². The highest BCUT2D eigenvalue weighted by Gasteiger charge is 2.48. The van der Waals surface area contributed by atoms with Crippen LogP contribution in [-0.4, -0.2) is 12.8 Å². The largest absolute Gasteiger partial charge is 0.460 e. The molecule has 22 heavy (non-hydrogen) atoms. The van der Waals surface area contributed by atoms with Gasteiger partial charge in [0.2, 0.25) is 5.72 Å². The third kappa shape index (κ3) is 1.61. The number of benzene rings is 2. The van der Waals surface area contributed by atoms with Crippen molar-refractivity contribution < 1.29 is 4.74 Å². The molecule has 2 nitrogen and oxygen atoms in total. The third-order valence-corrected chi connectivity index (χ3v) is 4.82. The lowest BCUT2D eigenvalue weighted by molar-refractivity contribution is 0.126. The summed E-state index contributed by atoms with van der Waals surface area (Å²) in [5.41, 5.74) is 5.13. The summed E-state index contributed by atoms with van der Waals surface area (Å²) >= 11 is 0. The fourth-order valence-corrected chi connectivity index (χ4v) is 3.70. The van der Waals surface area contributed by atoms with Gasteiger partial charge in [-0.05, 0) is 34.4 Å². The molecule has 4 rings (SSSR count). The van der Waals surface area contributed by atoms with Gasteiger partial charge >= 0.3 is 0 Å². The zero-order chi connectivity index (χ0) is 15.3. The smallest absolute Gasteiger partial charge is 0.227 e. The fraction of sp³-hybridized carbons (Fsp3) is 0.200. The summed E-state index contributed by atoms with van der Waals surface area (Å²) in [4.78, 5) is 2.19. The molecule has 0 radical (unpaired) electrons. The van der Waals surface area contributed by atoms with E-state index in [0.29, 0.717) is 0 Å². The fourth-order valence-electron chi connectivity index (χ4n) is 3.70. The quantitative estimate of drug-likeness (QED) is 0.676. The molecule has 1 unspecified atom stereocenters. The average molecular weight is 289 g/mol. The Hall–Kier alpha value is -2.48. The van der Waals surface area contributed by atoms with Gasteiger partial charge in [-0.1, -0.05) is 49.6 Å². The third-order valence-electron chi connectivity index (χ3n) is 4.82. The highest BCUT2D eigenvalue weighted by atomic mass is 16.5. The van der Waals surface area contributed by atoms with Crippen LogP contribution in [-0.2, 0) is 12.8 Å². The molecule has 0 aliphatic carbocycles. The Morgan fingerprint density at radius 3 is 2.27 bits per heavy atom. The minimum Gasteiger partial charge on any atom is -0.460 e. The van der Waals surface area contributed by atoms with Crippen molar-refractivity contribution >= 4 is 5.69 Å². The van der Waals surface area contributed by atoms with E-state index in [2.05, 4.69) is 55.4 Å². The first-order valence-corrected chi connectivity index (χ1v) is 7.58. The van der Waals surface area contributed by atoms with Gasteiger partial charge in [-0.15, -0.1) is 0 Å². The Kier molecular flexibility index (Phi) is 2.70. The van der Waals surface area contributed by atoms with Crippen LogP contribution >= 0.6 is 0 Å². The van der Waals surface area contributed by atoms with Crippen LogP contribution in [0.1, 0.15) is 11.1 Å². The van der Waals surface area contributed by atoms with Gasteiger partial charge in [0.25, 0.3) is 0 Å². The molecular weight excluding hydrogens is 270 g/mol. The van der Waals surface area contributed by atoms with Gasteiger partial charge in [0.15, 0.2) is 0 Å². The van der Waals surface area contributed by atoms with Crippen LogP contribution in [0.15, 0.2) is 72.8 Å². The van der Waals surface area contributed by atoms with Crippen molar-refractivity contribution in [3.63, 3.8) is 0 Å². The van der Waals surface area contributed by atoms with E-state index in [1.54, 1.807) is 0 Å². The van der Waals surface area contributed by atoms with E-state index in [9.17, 15) is 0 Å². The highest BCUT2D eigenvalue weighted by molar-refractivity contribution is 5.66. The number of hydrogen-bond acceptors (Lipinski definition) is 2. The summed E-state index contributed by atoms with van der Waals surface area (Å²) in [6.07, 6.45) is 1.64. The summed E-state index contributed by atoms with van der Waals surface area (Å²) < 4.78 is 6.48. The van der Waals surface area contributed by atoms with Crippen molar-refractivity contribution in [2.24, 2.45) is 0 Å². The molecule has 0 aromatic heterocycles. The topological polar surface area (TPSA) is 12.5 Å². The Balaban J connectivity index is 1.88. The lowest BCUT2D eigenvalue weighted by atomic mass is 9.81. The highest BCUT2D eigenvalue weighted by Crippen LogP contribution is 2.47. The molecule has 2 aliphatic heterocycles. The van der Waals surface area contributed by atoms with Gasteiger partial charge in [0.1, 0.15) is 5.75 Å².